The van der Waals surface area contributed by atoms with Crippen LogP contribution in [0.2, 0.25) is 0 Å². The molecule has 1 rings (SSSR count). The monoisotopic (exact) mass is 309 g/mol. The molecule has 0 radical (unpaired) electrons. The molecule has 0 aliphatic carbocycles. The van der Waals surface area contributed by atoms with Gasteiger partial charge in [0.1, 0.15) is 11.5 Å². The van der Waals surface area contributed by atoms with Gasteiger partial charge in [0.25, 0.3) is 0 Å². The Kier molecular flexibility index (Phi) is 7.18. The molecule has 3 N–H and O–H groups in total. The second kappa shape index (κ2) is 8.89. The van der Waals surface area contributed by atoms with Gasteiger partial charge in [-0.1, -0.05) is 6.92 Å². The van der Waals surface area contributed by atoms with Crippen molar-refractivity contribution in [3.63, 3.8) is 0 Å². The van der Waals surface area contributed by atoms with E-state index in [1.54, 1.807) is 32.2 Å². The molecule has 0 spiro atoms. The zero-order chi connectivity index (χ0) is 16.5. The first-order valence-electron chi connectivity index (χ1n) is 6.95. The van der Waals surface area contributed by atoms with Crippen LogP contribution < -0.4 is 25.4 Å². The summed E-state index contributed by atoms with van der Waals surface area (Å²) in [4.78, 5) is 23.6. The van der Waals surface area contributed by atoms with Gasteiger partial charge in [-0.25, -0.2) is 0 Å². The summed E-state index contributed by atoms with van der Waals surface area (Å²) in [7, 11) is 4.83. The molecule has 0 heterocycles. The Balaban J connectivity index is 2.56. The fourth-order valence-corrected chi connectivity index (χ4v) is 1.83. The van der Waals surface area contributed by atoms with Gasteiger partial charge in [0.15, 0.2) is 0 Å². The zero-order valence-electron chi connectivity index (χ0n) is 13.4. The molecule has 1 unspecified atom stereocenters. The lowest BCUT2D eigenvalue weighted by Crippen LogP contribution is -2.38. The molecule has 122 valence electrons. The van der Waals surface area contributed by atoms with Crippen LogP contribution in [0.1, 0.15) is 6.92 Å². The molecule has 0 aliphatic rings. The fraction of sp³-hybridized carbons (Fsp3) is 0.467. The third-order valence-electron chi connectivity index (χ3n) is 3.02. The first-order chi connectivity index (χ1) is 10.5. The van der Waals surface area contributed by atoms with Crippen LogP contribution in [-0.2, 0) is 9.59 Å². The van der Waals surface area contributed by atoms with Crippen molar-refractivity contribution in [1.29, 1.82) is 0 Å². The second-order valence-electron chi connectivity index (χ2n) is 4.83. The third-order valence-corrected chi connectivity index (χ3v) is 3.02. The third kappa shape index (κ3) is 5.61. The van der Waals surface area contributed by atoms with E-state index in [0.717, 1.165) is 0 Å². The van der Waals surface area contributed by atoms with E-state index < -0.39 is 0 Å². The van der Waals surface area contributed by atoms with E-state index in [9.17, 15) is 9.59 Å². The van der Waals surface area contributed by atoms with Crippen molar-refractivity contribution in [3.05, 3.63) is 18.2 Å². The molecule has 7 heteroatoms. The molecule has 0 saturated heterocycles. The maximum atomic E-state index is 11.9. The lowest BCUT2D eigenvalue weighted by molar-refractivity contribution is -0.126. The standard InChI is InChI=1S/C15H23N3O4/c1-10(8-16-2)15(20)17-9-14(19)18-11-5-12(21-3)7-13(6-11)22-4/h5-7,10,16H,8-9H2,1-4H3,(H,17,20)(H,18,19). The lowest BCUT2D eigenvalue weighted by atomic mass is 10.1. The minimum atomic E-state index is -0.319. The number of anilines is 1. The number of amides is 2. The van der Waals surface area contributed by atoms with Gasteiger partial charge >= 0.3 is 0 Å². The average Bonchev–Trinajstić information content (AvgIpc) is 2.52. The number of benzene rings is 1. The van der Waals surface area contributed by atoms with Crippen LogP contribution in [-0.4, -0.2) is 46.2 Å². The smallest absolute Gasteiger partial charge is 0.243 e. The number of hydrogen-bond donors (Lipinski definition) is 3. The Hall–Kier alpha value is -2.28. The van der Waals surface area contributed by atoms with Gasteiger partial charge < -0.3 is 25.4 Å². The first kappa shape index (κ1) is 17.8. The minimum absolute atomic E-state index is 0.0909. The van der Waals surface area contributed by atoms with E-state index in [4.69, 9.17) is 9.47 Å². The van der Waals surface area contributed by atoms with Crippen LogP contribution in [0, 0.1) is 5.92 Å². The number of carbonyl (C=O) groups is 2. The lowest BCUT2D eigenvalue weighted by Gasteiger charge is -2.12. The molecule has 1 atom stereocenters. The normalized spacial score (nSPS) is 11.5. The van der Waals surface area contributed by atoms with Crippen molar-refractivity contribution in [2.24, 2.45) is 5.92 Å². The van der Waals surface area contributed by atoms with Gasteiger partial charge in [-0.15, -0.1) is 0 Å². The SMILES string of the molecule is CNCC(C)C(=O)NCC(=O)Nc1cc(OC)cc(OC)c1. The summed E-state index contributed by atoms with van der Waals surface area (Å²) in [5.41, 5.74) is 0.540. The number of nitrogens with one attached hydrogen (secondary N) is 3. The Bertz CT molecular complexity index is 497. The summed E-state index contributed by atoms with van der Waals surface area (Å²) in [6.45, 7) is 2.25. The highest BCUT2D eigenvalue weighted by Gasteiger charge is 2.13. The Morgan fingerprint density at radius 1 is 1.14 bits per heavy atom. The summed E-state index contributed by atoms with van der Waals surface area (Å²) >= 11 is 0. The molecule has 1 aromatic rings. The molecular weight excluding hydrogens is 286 g/mol. The van der Waals surface area contributed by atoms with Crippen molar-refractivity contribution >= 4 is 17.5 Å². The van der Waals surface area contributed by atoms with Crippen LogP contribution in [0.25, 0.3) is 0 Å². The molecular formula is C15H23N3O4. The van der Waals surface area contributed by atoms with Crippen molar-refractivity contribution in [2.45, 2.75) is 6.92 Å². The largest absolute Gasteiger partial charge is 0.497 e. The second-order valence-corrected chi connectivity index (χ2v) is 4.83. The number of hydrogen-bond acceptors (Lipinski definition) is 5. The molecule has 2 amide bonds. The van der Waals surface area contributed by atoms with E-state index in [-0.39, 0.29) is 24.3 Å². The molecule has 7 nitrogen and oxygen atoms in total. The van der Waals surface area contributed by atoms with Gasteiger partial charge in [0.05, 0.1) is 20.8 Å². The Morgan fingerprint density at radius 3 is 2.23 bits per heavy atom. The van der Waals surface area contributed by atoms with Crippen molar-refractivity contribution in [3.8, 4) is 11.5 Å². The van der Waals surface area contributed by atoms with E-state index in [1.165, 1.54) is 14.2 Å². The van der Waals surface area contributed by atoms with E-state index >= 15 is 0 Å². The highest BCUT2D eigenvalue weighted by molar-refractivity contribution is 5.95. The van der Waals surface area contributed by atoms with Crippen molar-refractivity contribution < 1.29 is 19.1 Å². The first-order valence-corrected chi connectivity index (χ1v) is 6.95. The summed E-state index contributed by atoms with van der Waals surface area (Å²) in [5, 5.41) is 8.19. The number of rotatable bonds is 8. The zero-order valence-corrected chi connectivity index (χ0v) is 13.4. The maximum absolute atomic E-state index is 11.9. The molecule has 0 aliphatic heterocycles. The van der Waals surface area contributed by atoms with Crippen LogP contribution in [0.15, 0.2) is 18.2 Å². The van der Waals surface area contributed by atoms with Crippen molar-refractivity contribution in [1.82, 2.24) is 10.6 Å². The fourth-order valence-electron chi connectivity index (χ4n) is 1.83. The van der Waals surface area contributed by atoms with Gasteiger partial charge in [-0.05, 0) is 7.05 Å². The summed E-state index contributed by atoms with van der Waals surface area (Å²) in [5.74, 6) is 0.449. The molecule has 1 aromatic carbocycles. The van der Waals surface area contributed by atoms with E-state index in [2.05, 4.69) is 16.0 Å². The Labute approximate surface area is 130 Å². The molecule has 0 aromatic heterocycles. The molecule has 22 heavy (non-hydrogen) atoms. The highest BCUT2D eigenvalue weighted by atomic mass is 16.5. The minimum Gasteiger partial charge on any atom is -0.497 e. The summed E-state index contributed by atoms with van der Waals surface area (Å²) in [6, 6.07) is 5.05. The predicted octanol–water partition coefficient (Wildman–Crippen LogP) is 0.614. The van der Waals surface area contributed by atoms with Crippen LogP contribution in [0.5, 0.6) is 11.5 Å². The van der Waals surface area contributed by atoms with Crippen LogP contribution >= 0.6 is 0 Å². The van der Waals surface area contributed by atoms with Crippen LogP contribution in [0.3, 0.4) is 0 Å². The maximum Gasteiger partial charge on any atom is 0.243 e. The highest BCUT2D eigenvalue weighted by Crippen LogP contribution is 2.25. The quantitative estimate of drug-likeness (QED) is 0.655. The topological polar surface area (TPSA) is 88.7 Å². The Morgan fingerprint density at radius 2 is 1.73 bits per heavy atom. The van der Waals surface area contributed by atoms with Gasteiger partial charge in [0, 0.05) is 36.3 Å². The van der Waals surface area contributed by atoms with Gasteiger partial charge in [-0.2, -0.15) is 0 Å². The van der Waals surface area contributed by atoms with E-state index in [0.29, 0.717) is 23.7 Å². The number of ether oxygens (including phenoxy) is 2. The summed E-state index contributed by atoms with van der Waals surface area (Å²) < 4.78 is 10.3. The average molecular weight is 309 g/mol. The summed E-state index contributed by atoms with van der Waals surface area (Å²) in [6.07, 6.45) is 0. The van der Waals surface area contributed by atoms with Gasteiger partial charge in [0.2, 0.25) is 11.8 Å². The molecule has 0 fully saturated rings. The number of carbonyl (C=O) groups excluding carboxylic acids is 2. The van der Waals surface area contributed by atoms with Crippen LogP contribution in [0.4, 0.5) is 5.69 Å². The van der Waals surface area contributed by atoms with E-state index in [1.807, 2.05) is 0 Å². The molecule has 0 bridgehead atoms. The predicted molar refractivity (Wildman–Crippen MR) is 84.3 cm³/mol. The molecule has 0 saturated carbocycles. The van der Waals surface area contributed by atoms with Gasteiger partial charge in [-0.3, -0.25) is 9.59 Å². The number of methoxy groups -OCH3 is 2. The van der Waals surface area contributed by atoms with Crippen molar-refractivity contribution in [2.75, 3.05) is 39.7 Å².